The summed E-state index contributed by atoms with van der Waals surface area (Å²) in [6.07, 6.45) is 3.37. The molecule has 2 rings (SSSR count). The third-order valence-corrected chi connectivity index (χ3v) is 6.17. The minimum atomic E-state index is -0.226. The van der Waals surface area contributed by atoms with Crippen LogP contribution in [0.5, 0.6) is 0 Å². The summed E-state index contributed by atoms with van der Waals surface area (Å²) in [6, 6.07) is 16.8. The number of rotatable bonds is 12. The summed E-state index contributed by atoms with van der Waals surface area (Å²) in [4.78, 5) is 13.6. The number of hydrogen-bond acceptors (Lipinski definition) is 4. The Kier molecular flexibility index (Phi) is 10.9. The highest BCUT2D eigenvalue weighted by molar-refractivity contribution is 5.42. The Balaban J connectivity index is 2.11. The molecule has 4 unspecified atom stereocenters. The summed E-state index contributed by atoms with van der Waals surface area (Å²) < 4.78 is 26.7. The second-order valence-electron chi connectivity index (χ2n) is 9.02. The number of aliphatic imine (C=N–C) groups is 2. The Morgan fingerprint density at radius 1 is 0.667 bits per heavy atom. The molecule has 0 N–H and O–H groups in total. The van der Waals surface area contributed by atoms with E-state index >= 15 is 0 Å². The lowest BCUT2D eigenvalue weighted by Crippen LogP contribution is -2.24. The number of halogens is 2. The Hall–Kier alpha value is -2.40. The van der Waals surface area contributed by atoms with E-state index in [1.165, 1.54) is 24.3 Å². The van der Waals surface area contributed by atoms with Gasteiger partial charge in [-0.05, 0) is 89.3 Å². The lowest BCUT2D eigenvalue weighted by Gasteiger charge is -2.27. The third kappa shape index (κ3) is 8.47. The van der Waals surface area contributed by atoms with Gasteiger partial charge in [0, 0.05) is 12.1 Å². The van der Waals surface area contributed by atoms with E-state index in [9.17, 15) is 8.78 Å². The van der Waals surface area contributed by atoms with Gasteiger partial charge >= 0.3 is 0 Å². The van der Waals surface area contributed by atoms with E-state index in [0.29, 0.717) is 0 Å². The van der Waals surface area contributed by atoms with Crippen LogP contribution in [0.15, 0.2) is 58.5 Å². The predicted molar refractivity (Wildman–Crippen MR) is 133 cm³/mol. The van der Waals surface area contributed by atoms with E-state index < -0.39 is 0 Å². The lowest BCUT2D eigenvalue weighted by atomic mass is 9.97. The van der Waals surface area contributed by atoms with Crippen LogP contribution in [0.25, 0.3) is 0 Å². The first-order valence-electron chi connectivity index (χ1n) is 11.7. The quantitative estimate of drug-likeness (QED) is 0.347. The predicted octanol–water partition coefficient (Wildman–Crippen LogP) is 6.38. The molecule has 0 aliphatic heterocycles. The van der Waals surface area contributed by atoms with Gasteiger partial charge in [0.1, 0.15) is 11.6 Å². The van der Waals surface area contributed by atoms with Crippen LogP contribution in [-0.2, 0) is 0 Å². The van der Waals surface area contributed by atoms with Gasteiger partial charge < -0.3 is 9.80 Å². The van der Waals surface area contributed by atoms with Crippen molar-refractivity contribution in [3.8, 4) is 0 Å². The SMILES string of the molecule is CCC(CC(c1ccc(F)cc1)N(C)C)N=C=NC(CC)CC(c1ccc(F)cc1)N(C)C. The number of hydrogen-bond donors (Lipinski definition) is 0. The Morgan fingerprint density at radius 2 is 1.00 bits per heavy atom. The molecule has 0 aliphatic carbocycles. The number of nitrogens with zero attached hydrogens (tertiary/aromatic N) is 4. The number of benzene rings is 2. The molecule has 180 valence electrons. The molecule has 4 atom stereocenters. The summed E-state index contributed by atoms with van der Waals surface area (Å²) in [7, 11) is 8.12. The van der Waals surface area contributed by atoms with Crippen molar-refractivity contribution in [2.45, 2.75) is 63.7 Å². The molecule has 0 aromatic heterocycles. The first-order chi connectivity index (χ1) is 15.7. The third-order valence-electron chi connectivity index (χ3n) is 6.17. The molecule has 0 bridgehead atoms. The van der Waals surface area contributed by atoms with Gasteiger partial charge in [0.25, 0.3) is 0 Å². The van der Waals surface area contributed by atoms with E-state index in [1.54, 1.807) is 0 Å². The van der Waals surface area contributed by atoms with Crippen molar-refractivity contribution in [1.29, 1.82) is 0 Å². The highest BCUT2D eigenvalue weighted by Gasteiger charge is 2.20. The molecule has 0 heterocycles. The monoisotopic (exact) mass is 456 g/mol. The van der Waals surface area contributed by atoms with Crippen molar-refractivity contribution in [3.63, 3.8) is 0 Å². The summed E-state index contributed by atoms with van der Waals surface area (Å²) in [5, 5.41) is 0. The van der Waals surface area contributed by atoms with Gasteiger partial charge in [0.15, 0.2) is 0 Å². The fraction of sp³-hybridized carbons (Fsp3) is 0.519. The van der Waals surface area contributed by atoms with Crippen LogP contribution in [0, 0.1) is 11.6 Å². The maximum atomic E-state index is 13.3. The average molecular weight is 457 g/mol. The van der Waals surface area contributed by atoms with Gasteiger partial charge in [-0.2, -0.15) is 0 Å². The Bertz CT molecular complexity index is 816. The minimum absolute atomic E-state index is 0.0745. The highest BCUT2D eigenvalue weighted by atomic mass is 19.1. The molecule has 0 saturated carbocycles. The topological polar surface area (TPSA) is 31.2 Å². The van der Waals surface area contributed by atoms with E-state index in [1.807, 2.05) is 52.5 Å². The molecule has 4 nitrogen and oxygen atoms in total. The van der Waals surface area contributed by atoms with Crippen LogP contribution in [-0.4, -0.2) is 56.1 Å². The smallest absolute Gasteiger partial charge is 0.123 e. The van der Waals surface area contributed by atoms with Gasteiger partial charge in [-0.3, -0.25) is 0 Å². The largest absolute Gasteiger partial charge is 0.302 e. The van der Waals surface area contributed by atoms with E-state index in [4.69, 9.17) is 0 Å². The van der Waals surface area contributed by atoms with Crippen molar-refractivity contribution >= 4 is 6.01 Å². The fourth-order valence-electron chi connectivity index (χ4n) is 3.99. The van der Waals surface area contributed by atoms with Crippen molar-refractivity contribution in [2.75, 3.05) is 28.2 Å². The van der Waals surface area contributed by atoms with Crippen LogP contribution in [0.3, 0.4) is 0 Å². The molecule has 0 fully saturated rings. The molecule has 0 aliphatic rings. The van der Waals surface area contributed by atoms with E-state index in [-0.39, 0.29) is 35.8 Å². The summed E-state index contributed by atoms with van der Waals surface area (Å²) in [5.41, 5.74) is 2.15. The highest BCUT2D eigenvalue weighted by Crippen LogP contribution is 2.27. The van der Waals surface area contributed by atoms with Crippen LogP contribution >= 0.6 is 0 Å². The Morgan fingerprint density at radius 3 is 1.27 bits per heavy atom. The van der Waals surface area contributed by atoms with Crippen molar-refractivity contribution in [3.05, 3.63) is 71.3 Å². The van der Waals surface area contributed by atoms with E-state index in [2.05, 4.69) is 39.6 Å². The molecule has 0 saturated heterocycles. The lowest BCUT2D eigenvalue weighted by molar-refractivity contribution is 0.266. The molecular formula is C27H38F2N4. The zero-order valence-corrected chi connectivity index (χ0v) is 20.8. The summed E-state index contributed by atoms with van der Waals surface area (Å²) >= 11 is 0. The first-order valence-corrected chi connectivity index (χ1v) is 11.7. The normalized spacial score (nSPS) is 15.1. The fourth-order valence-corrected chi connectivity index (χ4v) is 3.99. The van der Waals surface area contributed by atoms with Crippen LogP contribution in [0.1, 0.15) is 62.7 Å². The maximum absolute atomic E-state index is 13.3. The van der Waals surface area contributed by atoms with Crippen LogP contribution in [0.2, 0.25) is 0 Å². The van der Waals surface area contributed by atoms with Crippen molar-refractivity contribution < 1.29 is 8.78 Å². The second kappa shape index (κ2) is 13.3. The van der Waals surface area contributed by atoms with Gasteiger partial charge in [0.05, 0.1) is 18.1 Å². The van der Waals surface area contributed by atoms with Gasteiger partial charge in [-0.15, -0.1) is 0 Å². The zero-order valence-electron chi connectivity index (χ0n) is 20.8. The molecule has 0 amide bonds. The molecule has 6 heteroatoms. The molecule has 2 aromatic rings. The van der Waals surface area contributed by atoms with Gasteiger partial charge in [-0.25, -0.2) is 18.8 Å². The second-order valence-corrected chi connectivity index (χ2v) is 9.02. The van der Waals surface area contributed by atoms with Gasteiger partial charge in [-0.1, -0.05) is 38.1 Å². The summed E-state index contributed by atoms with van der Waals surface area (Å²) in [5.74, 6) is -0.452. The standard InChI is InChI=1S/C27H38F2N4/c1-7-24(17-26(32(3)4)20-9-13-22(28)14-10-20)30-19-31-25(8-2)18-27(33(5)6)21-11-15-23(29)16-12-21/h9-16,24-27H,7-8,17-18H2,1-6H3. The Labute approximate surface area is 198 Å². The molecule has 33 heavy (non-hydrogen) atoms. The zero-order chi connectivity index (χ0) is 24.4. The molecule has 0 radical (unpaired) electrons. The molecule has 0 spiro atoms. The van der Waals surface area contributed by atoms with Crippen molar-refractivity contribution in [1.82, 2.24) is 9.80 Å². The van der Waals surface area contributed by atoms with Gasteiger partial charge in [0.2, 0.25) is 0 Å². The summed E-state index contributed by atoms with van der Waals surface area (Å²) in [6.45, 7) is 4.22. The maximum Gasteiger partial charge on any atom is 0.123 e. The average Bonchev–Trinajstić information content (AvgIpc) is 2.79. The minimum Gasteiger partial charge on any atom is -0.302 e. The molecule has 2 aromatic carbocycles. The van der Waals surface area contributed by atoms with Crippen LogP contribution < -0.4 is 0 Å². The first kappa shape index (κ1) is 26.8. The van der Waals surface area contributed by atoms with Crippen LogP contribution in [0.4, 0.5) is 8.78 Å². The van der Waals surface area contributed by atoms with E-state index in [0.717, 1.165) is 36.8 Å². The van der Waals surface area contributed by atoms with Crippen molar-refractivity contribution in [2.24, 2.45) is 9.98 Å². The molecular weight excluding hydrogens is 418 g/mol.